The number of fused-ring (bicyclic) bond motifs is 1. The molecule has 10 heteroatoms. The zero-order chi connectivity index (χ0) is 38.5. The number of aromatic nitrogens is 1. The predicted molar refractivity (Wildman–Crippen MR) is 199 cm³/mol. The summed E-state index contributed by atoms with van der Waals surface area (Å²) in [7, 11) is 0.167. The molecule has 0 N–H and O–H groups in total. The van der Waals surface area contributed by atoms with Crippen molar-refractivity contribution in [3.8, 4) is 0 Å². The van der Waals surface area contributed by atoms with Gasteiger partial charge in [0.15, 0.2) is 8.46 Å². The average molecular weight is 734 g/mol. The quantitative estimate of drug-likeness (QED) is 0.190. The molecule has 0 saturated carbocycles. The van der Waals surface area contributed by atoms with E-state index in [-0.39, 0.29) is 19.9 Å². The minimum Gasteiger partial charge on any atom is -0.299 e. The molecule has 0 amide bonds. The maximum Gasteiger partial charge on any atom is 0.395 e. The number of Topliss-reactive ketones (excluding diaryl/α,β-unsaturated/α-hetero) is 1. The number of halogens is 5. The Morgan fingerprint density at radius 3 is 1.86 bits per heavy atom. The van der Waals surface area contributed by atoms with Gasteiger partial charge in [-0.2, -0.15) is 13.2 Å². The number of thioether (sulfide) groups is 1. The molecule has 0 radical (unpaired) electrons. The molecule has 3 rings (SSSR count). The Balaban J connectivity index is 0. The second-order valence-corrected chi connectivity index (χ2v) is 13.9. The summed E-state index contributed by atoms with van der Waals surface area (Å²) >= 11 is 1.83. The fraction of sp³-hybridized carbons (Fsp3) is 0.641. The van der Waals surface area contributed by atoms with Gasteiger partial charge in [0.25, 0.3) is 0 Å². The summed E-state index contributed by atoms with van der Waals surface area (Å²) in [5, 5.41) is 1.23. The molecule has 280 valence electrons. The molecule has 1 unspecified atom stereocenters. The van der Waals surface area contributed by atoms with Crippen LogP contribution in [0.4, 0.5) is 22.0 Å². The van der Waals surface area contributed by atoms with Crippen LogP contribution in [0.1, 0.15) is 147 Å². The van der Waals surface area contributed by atoms with Crippen LogP contribution in [-0.4, -0.2) is 23.6 Å². The number of nitrogens with zero attached hydrogens (tertiary/aromatic N) is 1. The average Bonchev–Trinajstić information content (AvgIpc) is 3.24. The van der Waals surface area contributed by atoms with Gasteiger partial charge in [-0.05, 0) is 105 Å². The first-order chi connectivity index (χ1) is 22.9. The number of ketones is 1. The lowest BCUT2D eigenvalue weighted by atomic mass is 9.88. The van der Waals surface area contributed by atoms with E-state index in [1.54, 1.807) is 12.2 Å². The van der Waals surface area contributed by atoms with Crippen LogP contribution in [0.25, 0.3) is 0 Å². The maximum atomic E-state index is 13.0. The molecular weight excluding hydrogens is 672 g/mol. The third-order valence-electron chi connectivity index (χ3n) is 8.11. The molecule has 0 saturated heterocycles. The van der Waals surface area contributed by atoms with Gasteiger partial charge in [0, 0.05) is 30.3 Å². The van der Waals surface area contributed by atoms with E-state index < -0.39 is 29.3 Å². The Kier molecular flexibility index (Phi) is 25.8. The molecule has 0 bridgehead atoms. The molecule has 0 fully saturated rings. The molecule has 2 heterocycles. The molecule has 2 atom stereocenters. The van der Waals surface area contributed by atoms with Crippen molar-refractivity contribution in [3.63, 3.8) is 0 Å². The van der Waals surface area contributed by atoms with Crippen LogP contribution in [0.5, 0.6) is 0 Å². The monoisotopic (exact) mass is 733 g/mol. The van der Waals surface area contributed by atoms with Crippen molar-refractivity contribution in [3.05, 3.63) is 68.8 Å². The summed E-state index contributed by atoms with van der Waals surface area (Å²) in [5.74, 6) is -2.14. The molecule has 1 aliphatic heterocycles. The molecule has 1 aromatic carbocycles. The lowest BCUT2D eigenvalue weighted by Gasteiger charge is -2.19. The lowest BCUT2D eigenvalue weighted by Crippen LogP contribution is -2.19. The van der Waals surface area contributed by atoms with E-state index >= 15 is 0 Å². The molecule has 1 aliphatic rings. The van der Waals surface area contributed by atoms with Crippen LogP contribution >= 0.6 is 20.2 Å². The summed E-state index contributed by atoms with van der Waals surface area (Å²) in [6.45, 7) is 24.9. The van der Waals surface area contributed by atoms with E-state index in [4.69, 9.17) is 4.57 Å². The molecule has 49 heavy (non-hydrogen) atoms. The summed E-state index contributed by atoms with van der Waals surface area (Å²) in [4.78, 5) is 17.6. The van der Waals surface area contributed by atoms with Crippen molar-refractivity contribution in [1.29, 1.82) is 0 Å². The Morgan fingerprint density at radius 1 is 0.959 bits per heavy atom. The highest BCUT2D eigenvalue weighted by atomic mass is 32.2. The standard InChI is InChI=1S/C15H21NS.C11H22O.C10H9F5.C2H6.CH3OP/c1-5-10(2)14-11(3)9-16-15-13(14)8-6-7-12(4)17-15;1-5-7-10(8-6-2)11(12)9(3)4;1-5-8(11)3-7(4-9(5)12)6(2)10(13,14)15;1-2;1-3-2/h7,9-10H,5-6,8H2,1-4H3;9-10H,5-8H2,1-4H3;3-4,6H,1-2H3;1-2H3;1H3/t;;6-;;/m..0../s1. The summed E-state index contributed by atoms with van der Waals surface area (Å²) in [6.07, 6.45) is 7.80. The fourth-order valence-electron chi connectivity index (χ4n) is 5.19. The fourth-order valence-corrected chi connectivity index (χ4v) is 6.14. The second-order valence-electron chi connectivity index (χ2n) is 12.3. The Morgan fingerprint density at radius 2 is 1.45 bits per heavy atom. The van der Waals surface area contributed by atoms with Gasteiger partial charge in [0.1, 0.15) is 22.4 Å². The van der Waals surface area contributed by atoms with Crippen LogP contribution in [0.15, 0.2) is 34.3 Å². The van der Waals surface area contributed by atoms with E-state index in [0.717, 1.165) is 57.6 Å². The van der Waals surface area contributed by atoms with Crippen molar-refractivity contribution < 1.29 is 31.3 Å². The summed E-state index contributed by atoms with van der Waals surface area (Å²) in [5.41, 5.74) is 3.74. The third kappa shape index (κ3) is 17.6. The van der Waals surface area contributed by atoms with Gasteiger partial charge in [-0.25, -0.2) is 13.8 Å². The van der Waals surface area contributed by atoms with Crippen molar-refractivity contribution in [2.24, 2.45) is 11.8 Å². The number of carbonyl (C=O) groups is 1. The number of aryl methyl sites for hydroxylation is 1. The van der Waals surface area contributed by atoms with Gasteiger partial charge in [-0.15, -0.1) is 0 Å². The van der Waals surface area contributed by atoms with Crippen LogP contribution in [0.2, 0.25) is 0 Å². The Bertz CT molecular complexity index is 1270. The number of carbonyl (C=O) groups excluding carboxylic acids is 1. The Labute approximate surface area is 299 Å². The molecule has 3 nitrogen and oxygen atoms in total. The smallest absolute Gasteiger partial charge is 0.299 e. The topological polar surface area (TPSA) is 47.0 Å². The number of rotatable bonds is 9. The second kappa shape index (κ2) is 25.8. The van der Waals surface area contributed by atoms with Gasteiger partial charge in [0.2, 0.25) is 0 Å². The summed E-state index contributed by atoms with van der Waals surface area (Å²) < 4.78 is 71.6. The molecule has 1 aromatic heterocycles. The normalized spacial score (nSPS) is 13.5. The number of allylic oxidation sites excluding steroid dienone is 2. The van der Waals surface area contributed by atoms with Crippen LogP contribution < -0.4 is 0 Å². The largest absolute Gasteiger partial charge is 0.395 e. The first-order valence-corrected chi connectivity index (χ1v) is 19.6. The van der Waals surface area contributed by atoms with Gasteiger partial charge < -0.3 is 0 Å². The highest BCUT2D eigenvalue weighted by Gasteiger charge is 2.37. The number of pyridine rings is 1. The molecular formula is C39H61F5NO2PS. The lowest BCUT2D eigenvalue weighted by molar-refractivity contribution is -0.146. The molecule has 0 aliphatic carbocycles. The van der Waals surface area contributed by atoms with Crippen molar-refractivity contribution in [1.82, 2.24) is 4.98 Å². The van der Waals surface area contributed by atoms with E-state index in [2.05, 4.69) is 52.6 Å². The third-order valence-corrected chi connectivity index (χ3v) is 9.15. The van der Waals surface area contributed by atoms with Gasteiger partial charge in [-0.3, -0.25) is 9.36 Å². The maximum absolute atomic E-state index is 13.0. The zero-order valence-corrected chi connectivity index (χ0v) is 33.8. The van der Waals surface area contributed by atoms with E-state index in [1.165, 1.54) is 34.4 Å². The number of hydrogen-bond acceptors (Lipinski definition) is 4. The van der Waals surface area contributed by atoms with E-state index in [1.807, 2.05) is 45.7 Å². The minimum absolute atomic E-state index is 0.167. The Hall–Kier alpha value is -2.12. The first kappa shape index (κ1) is 49.0. The number of benzene rings is 1. The zero-order valence-electron chi connectivity index (χ0n) is 32.1. The number of hydrogen-bond donors (Lipinski definition) is 0. The summed E-state index contributed by atoms with van der Waals surface area (Å²) in [6, 6.07) is 1.44. The molecule has 2 aromatic rings. The van der Waals surface area contributed by atoms with Crippen molar-refractivity contribution >= 4 is 26.0 Å². The number of alkyl halides is 3. The van der Waals surface area contributed by atoms with E-state index in [0.29, 0.717) is 17.6 Å². The predicted octanol–water partition coefficient (Wildman–Crippen LogP) is 14.1. The molecule has 0 spiro atoms. The highest BCUT2D eigenvalue weighted by Crippen LogP contribution is 2.38. The first-order valence-electron chi connectivity index (χ1n) is 17.5. The minimum atomic E-state index is -4.49. The van der Waals surface area contributed by atoms with Gasteiger partial charge in [0.05, 0.1) is 5.92 Å². The van der Waals surface area contributed by atoms with Crippen molar-refractivity contribution in [2.75, 3.05) is 6.66 Å². The van der Waals surface area contributed by atoms with Crippen LogP contribution in [0.3, 0.4) is 0 Å². The van der Waals surface area contributed by atoms with E-state index in [9.17, 15) is 26.7 Å². The van der Waals surface area contributed by atoms with Crippen LogP contribution in [-0.2, 0) is 15.8 Å². The SMILES string of the molecule is CC.CCC(C)c1c(C)cnc2c1CCC=C(C)S2.CCCC(CCC)C(=O)C(C)C.CP=O.Cc1c(F)cc([C@H](C)C(F)(F)F)cc1F. The van der Waals surface area contributed by atoms with Gasteiger partial charge >= 0.3 is 6.18 Å². The van der Waals surface area contributed by atoms with Crippen LogP contribution in [0, 0.1) is 37.3 Å². The van der Waals surface area contributed by atoms with Crippen molar-refractivity contribution in [2.45, 2.75) is 151 Å². The van der Waals surface area contributed by atoms with Gasteiger partial charge in [-0.1, -0.05) is 86.1 Å². The highest BCUT2D eigenvalue weighted by molar-refractivity contribution is 8.03.